The van der Waals surface area contributed by atoms with Gasteiger partial charge in [-0.2, -0.15) is 0 Å². The molecule has 0 aliphatic rings. The summed E-state index contributed by atoms with van der Waals surface area (Å²) in [6, 6.07) is 0. The van der Waals surface area contributed by atoms with Crippen LogP contribution in [0.1, 0.15) is 5.69 Å². The van der Waals surface area contributed by atoms with Crippen molar-refractivity contribution >= 4 is 7.98 Å². The molecule has 3 heteroatoms. The molecule has 34 valence electrons. The van der Waals surface area contributed by atoms with Crippen molar-refractivity contribution in [1.29, 1.82) is 0 Å². The van der Waals surface area contributed by atoms with Crippen molar-refractivity contribution in [2.45, 2.75) is 6.92 Å². The van der Waals surface area contributed by atoms with E-state index < -0.39 is 0 Å². The van der Waals surface area contributed by atoms with Crippen LogP contribution in [-0.2, 0) is 0 Å². The lowest BCUT2D eigenvalue weighted by Gasteiger charge is -1.87. The molecule has 0 aromatic carbocycles. The van der Waals surface area contributed by atoms with Gasteiger partial charge in [0.15, 0.2) is 0 Å². The van der Waals surface area contributed by atoms with E-state index in [2.05, 4.69) is 4.98 Å². The summed E-state index contributed by atoms with van der Waals surface area (Å²) in [4.78, 5) is 3.76. The topological polar surface area (TPSA) is 17.8 Å². The highest BCUT2D eigenvalue weighted by molar-refractivity contribution is 6.06. The van der Waals surface area contributed by atoms with Gasteiger partial charge in [-0.3, -0.25) is 0 Å². The van der Waals surface area contributed by atoms with Crippen molar-refractivity contribution in [2.75, 3.05) is 0 Å². The quantitative estimate of drug-likeness (QED) is 0.415. The highest BCUT2D eigenvalue weighted by Gasteiger charge is 1.83. The van der Waals surface area contributed by atoms with E-state index in [1.54, 1.807) is 12.5 Å². The Bertz CT molecular complexity index is 142. The maximum atomic E-state index is 5.29. The lowest BCUT2D eigenvalue weighted by atomic mass is 10.4. The Labute approximate surface area is 43.6 Å². The second-order valence-electron chi connectivity index (χ2n) is 1.44. The average molecular weight is 91.9 g/mol. The third kappa shape index (κ3) is 0.658. The molecule has 0 saturated heterocycles. The molecule has 0 saturated carbocycles. The van der Waals surface area contributed by atoms with Gasteiger partial charge in [-0.15, -0.1) is 0 Å². The molecule has 0 N–H and O–H groups in total. The summed E-state index contributed by atoms with van der Waals surface area (Å²) in [5.74, 6) is 0. The normalized spacial score (nSPS) is 9.29. The Morgan fingerprint density at radius 3 is 2.71 bits per heavy atom. The van der Waals surface area contributed by atoms with E-state index >= 15 is 0 Å². The molecule has 0 spiro atoms. The predicted molar refractivity (Wildman–Crippen MR) is 28.1 cm³/mol. The number of aryl methyl sites for hydroxylation is 1. The van der Waals surface area contributed by atoms with E-state index in [9.17, 15) is 0 Å². The van der Waals surface area contributed by atoms with Crippen molar-refractivity contribution in [1.82, 2.24) is 9.46 Å². The second kappa shape index (κ2) is 1.41. The van der Waals surface area contributed by atoms with E-state index in [1.165, 1.54) is 4.48 Å². The second-order valence-corrected chi connectivity index (χ2v) is 1.44. The minimum Gasteiger partial charge on any atom is -0.391 e. The minimum atomic E-state index is 0.972. The molecule has 0 amide bonds. The summed E-state index contributed by atoms with van der Waals surface area (Å²) in [6.45, 7) is 1.90. The summed E-state index contributed by atoms with van der Waals surface area (Å²) in [6.07, 6.45) is 3.27. The van der Waals surface area contributed by atoms with Crippen molar-refractivity contribution in [3.05, 3.63) is 18.2 Å². The van der Waals surface area contributed by atoms with Gasteiger partial charge in [-0.05, 0) is 6.92 Å². The Morgan fingerprint density at radius 1 is 1.86 bits per heavy atom. The third-order valence-corrected chi connectivity index (χ3v) is 0.860. The molecule has 0 aliphatic heterocycles. The van der Waals surface area contributed by atoms with Crippen LogP contribution < -0.4 is 0 Å². The molecule has 7 heavy (non-hydrogen) atoms. The van der Waals surface area contributed by atoms with Crippen molar-refractivity contribution in [2.24, 2.45) is 0 Å². The van der Waals surface area contributed by atoms with E-state index in [-0.39, 0.29) is 0 Å². The van der Waals surface area contributed by atoms with Gasteiger partial charge in [0, 0.05) is 11.9 Å². The number of rotatable bonds is 0. The summed E-state index contributed by atoms with van der Waals surface area (Å²) in [5.41, 5.74) is 0.972. The largest absolute Gasteiger partial charge is 0.391 e. The van der Waals surface area contributed by atoms with Crippen molar-refractivity contribution < 1.29 is 0 Å². The van der Waals surface area contributed by atoms with Crippen LogP contribution in [0.4, 0.5) is 0 Å². The molecular formula is C4H5BN2. The van der Waals surface area contributed by atoms with Gasteiger partial charge in [-0.25, -0.2) is 4.98 Å². The number of nitrogens with zero attached hydrogens (tertiary/aromatic N) is 2. The minimum absolute atomic E-state index is 0.972. The zero-order chi connectivity index (χ0) is 5.28. The Balaban J connectivity index is 3.12. The summed E-state index contributed by atoms with van der Waals surface area (Å²) < 4.78 is 1.47. The zero-order valence-corrected chi connectivity index (χ0v) is 4.13. The summed E-state index contributed by atoms with van der Waals surface area (Å²) in [7, 11) is 5.29. The Hall–Kier alpha value is -0.725. The molecule has 2 radical (unpaired) electrons. The molecule has 1 aromatic heterocycles. The smallest absolute Gasteiger partial charge is 0.235 e. The van der Waals surface area contributed by atoms with E-state index in [4.69, 9.17) is 7.98 Å². The van der Waals surface area contributed by atoms with Crippen LogP contribution >= 0.6 is 0 Å². The van der Waals surface area contributed by atoms with Crippen LogP contribution in [0, 0.1) is 6.92 Å². The number of hydrogen-bond acceptors (Lipinski definition) is 1. The van der Waals surface area contributed by atoms with Gasteiger partial charge in [-0.1, -0.05) is 0 Å². The lowest BCUT2D eigenvalue weighted by molar-refractivity contribution is 1.14. The van der Waals surface area contributed by atoms with Gasteiger partial charge in [0.1, 0.15) is 0 Å². The molecule has 1 aromatic rings. The van der Waals surface area contributed by atoms with E-state index in [0.717, 1.165) is 5.69 Å². The monoisotopic (exact) mass is 92.1 g/mol. The molecule has 2 nitrogen and oxygen atoms in total. The van der Waals surface area contributed by atoms with Crippen LogP contribution in [0.15, 0.2) is 12.5 Å². The van der Waals surface area contributed by atoms with Gasteiger partial charge in [0.2, 0.25) is 7.98 Å². The molecule has 0 fully saturated rings. The maximum Gasteiger partial charge on any atom is 0.235 e. The first kappa shape index (κ1) is 4.43. The fourth-order valence-electron chi connectivity index (χ4n) is 0.371. The Kier molecular flexibility index (Phi) is 0.892. The first-order valence-corrected chi connectivity index (χ1v) is 2.05. The zero-order valence-electron chi connectivity index (χ0n) is 4.13. The van der Waals surface area contributed by atoms with E-state index in [1.807, 2.05) is 6.92 Å². The first-order valence-electron chi connectivity index (χ1n) is 2.05. The Morgan fingerprint density at radius 2 is 2.57 bits per heavy atom. The van der Waals surface area contributed by atoms with Gasteiger partial charge in [0.25, 0.3) is 0 Å². The van der Waals surface area contributed by atoms with Gasteiger partial charge >= 0.3 is 0 Å². The highest BCUT2D eigenvalue weighted by atomic mass is 15.0. The van der Waals surface area contributed by atoms with Crippen LogP contribution in [0.2, 0.25) is 0 Å². The fourth-order valence-corrected chi connectivity index (χ4v) is 0.371. The predicted octanol–water partition coefficient (Wildman–Crippen LogP) is 0.123. The van der Waals surface area contributed by atoms with Crippen LogP contribution in [0.3, 0.4) is 0 Å². The molecule has 0 bridgehead atoms. The standard InChI is InChI=1S/C4H5BN2/c1-4-2-6-3-7(4)5/h2-3H,1H3. The van der Waals surface area contributed by atoms with E-state index in [0.29, 0.717) is 0 Å². The lowest BCUT2D eigenvalue weighted by Crippen LogP contribution is -1.89. The van der Waals surface area contributed by atoms with Gasteiger partial charge in [0.05, 0.1) is 6.33 Å². The third-order valence-electron chi connectivity index (χ3n) is 0.860. The molecular weight excluding hydrogens is 86.9 g/mol. The fraction of sp³-hybridized carbons (Fsp3) is 0.250. The van der Waals surface area contributed by atoms with Gasteiger partial charge < -0.3 is 4.48 Å². The van der Waals surface area contributed by atoms with Crippen molar-refractivity contribution in [3.63, 3.8) is 0 Å². The molecule has 1 heterocycles. The van der Waals surface area contributed by atoms with Crippen molar-refractivity contribution in [3.8, 4) is 0 Å². The molecule has 0 atom stereocenters. The van der Waals surface area contributed by atoms with Crippen LogP contribution in [0.5, 0.6) is 0 Å². The summed E-state index contributed by atoms with van der Waals surface area (Å²) in [5, 5.41) is 0. The highest BCUT2D eigenvalue weighted by Crippen LogP contribution is 1.87. The average Bonchev–Trinajstić information content (AvgIpc) is 1.91. The molecule has 0 aliphatic carbocycles. The number of hydrogen-bond donors (Lipinski definition) is 0. The number of aromatic nitrogens is 2. The summed E-state index contributed by atoms with van der Waals surface area (Å²) >= 11 is 0. The number of imidazole rings is 1. The molecule has 1 rings (SSSR count). The van der Waals surface area contributed by atoms with Crippen LogP contribution in [0.25, 0.3) is 0 Å². The van der Waals surface area contributed by atoms with Crippen LogP contribution in [-0.4, -0.2) is 17.4 Å². The maximum absolute atomic E-state index is 5.29. The molecule has 0 unspecified atom stereocenters. The SMILES string of the molecule is [B]n1cncc1C. The first-order chi connectivity index (χ1) is 3.30.